The molecule has 6 heteroatoms. The highest BCUT2D eigenvalue weighted by atomic mass is 16.6. The molecule has 0 aromatic rings. The number of esters is 3. The minimum absolute atomic E-state index is 0.102. The van der Waals surface area contributed by atoms with Crippen molar-refractivity contribution >= 4 is 17.9 Å². The first-order chi connectivity index (χ1) is 34.0. The topological polar surface area (TPSA) is 78.9 Å². The lowest BCUT2D eigenvalue weighted by molar-refractivity contribution is -0.166. The van der Waals surface area contributed by atoms with Crippen LogP contribution in [0.3, 0.4) is 0 Å². The molecule has 0 heterocycles. The minimum Gasteiger partial charge on any atom is -0.462 e. The number of ether oxygens (including phenoxy) is 3. The van der Waals surface area contributed by atoms with Gasteiger partial charge in [-0.05, 0) is 57.8 Å². The molecule has 0 saturated heterocycles. The Labute approximate surface area is 427 Å². The summed E-state index contributed by atoms with van der Waals surface area (Å²) >= 11 is 0. The summed E-state index contributed by atoms with van der Waals surface area (Å²) < 4.78 is 16.8. The van der Waals surface area contributed by atoms with Crippen LogP contribution in [0.15, 0.2) is 72.9 Å². The Bertz CT molecular complexity index is 1290. The summed E-state index contributed by atoms with van der Waals surface area (Å²) in [5.41, 5.74) is 0. The molecule has 1 unspecified atom stereocenters. The number of rotatable bonds is 53. The maximum Gasteiger partial charge on any atom is 0.306 e. The molecule has 1 atom stereocenters. The third kappa shape index (κ3) is 55.6. The molecule has 0 amide bonds. The summed E-state index contributed by atoms with van der Waals surface area (Å²) in [4.78, 5) is 38.1. The van der Waals surface area contributed by atoms with Crippen LogP contribution < -0.4 is 0 Å². The van der Waals surface area contributed by atoms with Crippen LogP contribution in [0.4, 0.5) is 0 Å². The summed E-state index contributed by atoms with van der Waals surface area (Å²) in [7, 11) is 0. The van der Waals surface area contributed by atoms with Gasteiger partial charge in [-0.3, -0.25) is 14.4 Å². The molecule has 398 valence electrons. The van der Waals surface area contributed by atoms with Gasteiger partial charge in [0, 0.05) is 19.3 Å². The number of carbonyl (C=O) groups excluding carboxylic acids is 3. The predicted octanol–water partition coefficient (Wildman–Crippen LogP) is 19.8. The zero-order valence-electron chi connectivity index (χ0n) is 45.6. The van der Waals surface area contributed by atoms with Crippen molar-refractivity contribution in [3.05, 3.63) is 72.9 Å². The number of hydrogen-bond donors (Lipinski definition) is 0. The van der Waals surface area contributed by atoms with Gasteiger partial charge in [0.15, 0.2) is 6.10 Å². The molecule has 0 aromatic heterocycles. The van der Waals surface area contributed by atoms with Crippen LogP contribution in [0.25, 0.3) is 0 Å². The lowest BCUT2D eigenvalue weighted by Gasteiger charge is -2.18. The summed E-state index contributed by atoms with van der Waals surface area (Å²) in [5, 5.41) is 0. The molecule has 0 aromatic carbocycles. The van der Waals surface area contributed by atoms with Crippen molar-refractivity contribution in [2.45, 2.75) is 297 Å². The van der Waals surface area contributed by atoms with Gasteiger partial charge in [0.25, 0.3) is 0 Å². The normalized spacial score (nSPS) is 12.6. The first-order valence-corrected chi connectivity index (χ1v) is 29.4. The minimum atomic E-state index is -0.812. The fraction of sp³-hybridized carbons (Fsp3) is 0.762. The summed E-state index contributed by atoms with van der Waals surface area (Å²) in [5.74, 6) is -0.977. The molecule has 0 fully saturated rings. The Hall–Kier alpha value is -3.15. The number of hydrogen-bond acceptors (Lipinski definition) is 6. The maximum absolute atomic E-state index is 12.8. The standard InChI is InChI=1S/C63H110O6/c1-4-7-10-13-16-19-22-24-26-28-30-31-32-34-35-37-39-41-44-47-50-53-56-62(65)68-59-60(58-67-61(64)55-52-49-46-43-21-18-15-12-9-6-3)69-63(66)57-54-51-48-45-42-40-38-36-33-29-27-25-23-20-17-14-11-8-5-2/h8,11,17,20,25,27,33,36,40,42,48,51,60H,4-7,9-10,12-16,18-19,21-24,26,28-32,34-35,37-39,41,43-47,49-50,52-59H2,1-3H3/b11-8-,20-17-,27-25-,36-33-,42-40-,51-48-. The van der Waals surface area contributed by atoms with Crippen LogP contribution >= 0.6 is 0 Å². The van der Waals surface area contributed by atoms with Gasteiger partial charge in [0.05, 0.1) is 0 Å². The molecule has 69 heavy (non-hydrogen) atoms. The highest BCUT2D eigenvalue weighted by Gasteiger charge is 2.19. The molecule has 0 aliphatic heterocycles. The molecule has 0 aliphatic carbocycles. The van der Waals surface area contributed by atoms with E-state index in [4.69, 9.17) is 14.2 Å². The molecule has 0 aliphatic rings. The third-order valence-corrected chi connectivity index (χ3v) is 12.7. The predicted molar refractivity (Wildman–Crippen MR) is 298 cm³/mol. The van der Waals surface area contributed by atoms with E-state index in [2.05, 4.69) is 87.6 Å². The van der Waals surface area contributed by atoms with Crippen LogP contribution in [-0.2, 0) is 28.6 Å². The number of allylic oxidation sites excluding steroid dienone is 12. The van der Waals surface area contributed by atoms with E-state index < -0.39 is 6.10 Å². The molecule has 0 rings (SSSR count). The van der Waals surface area contributed by atoms with Gasteiger partial charge in [-0.2, -0.15) is 0 Å². The van der Waals surface area contributed by atoms with E-state index in [-0.39, 0.29) is 37.5 Å². The Morgan fingerprint density at radius 1 is 0.304 bits per heavy atom. The molecule has 6 nitrogen and oxygen atoms in total. The first-order valence-electron chi connectivity index (χ1n) is 29.4. The van der Waals surface area contributed by atoms with Crippen LogP contribution in [-0.4, -0.2) is 37.2 Å². The van der Waals surface area contributed by atoms with Crippen molar-refractivity contribution in [2.75, 3.05) is 13.2 Å². The van der Waals surface area contributed by atoms with Gasteiger partial charge < -0.3 is 14.2 Å². The largest absolute Gasteiger partial charge is 0.462 e. The molecule has 0 radical (unpaired) electrons. The monoisotopic (exact) mass is 963 g/mol. The highest BCUT2D eigenvalue weighted by Crippen LogP contribution is 2.17. The van der Waals surface area contributed by atoms with Crippen LogP contribution in [0.1, 0.15) is 290 Å². The molecular formula is C63H110O6. The van der Waals surface area contributed by atoms with Crippen molar-refractivity contribution in [3.8, 4) is 0 Å². The van der Waals surface area contributed by atoms with Gasteiger partial charge >= 0.3 is 17.9 Å². The van der Waals surface area contributed by atoms with Gasteiger partial charge in [-0.1, -0.05) is 286 Å². The van der Waals surface area contributed by atoms with E-state index in [1.54, 1.807) is 0 Å². The van der Waals surface area contributed by atoms with Crippen molar-refractivity contribution in [1.29, 1.82) is 0 Å². The fourth-order valence-corrected chi connectivity index (χ4v) is 8.35. The zero-order valence-corrected chi connectivity index (χ0v) is 45.6. The lowest BCUT2D eigenvalue weighted by Crippen LogP contribution is -2.30. The van der Waals surface area contributed by atoms with Gasteiger partial charge in [-0.15, -0.1) is 0 Å². The smallest absolute Gasteiger partial charge is 0.306 e. The molecule has 0 saturated carbocycles. The molecule has 0 spiro atoms. The average molecular weight is 964 g/mol. The van der Waals surface area contributed by atoms with Crippen LogP contribution in [0.2, 0.25) is 0 Å². The zero-order chi connectivity index (χ0) is 50.0. The highest BCUT2D eigenvalue weighted by molar-refractivity contribution is 5.71. The number of unbranched alkanes of at least 4 members (excludes halogenated alkanes) is 30. The van der Waals surface area contributed by atoms with E-state index in [9.17, 15) is 14.4 Å². The van der Waals surface area contributed by atoms with E-state index in [1.165, 1.54) is 167 Å². The SMILES string of the molecule is CC/C=C\C/C=C\C/C=C\C/C=C\C/C=C\C/C=C\CCC(=O)OC(COC(=O)CCCCCCCCCCCC)COC(=O)CCCCCCCCCCCCCCCCCCCCCCCC. The summed E-state index contributed by atoms with van der Waals surface area (Å²) in [6, 6.07) is 0. The third-order valence-electron chi connectivity index (χ3n) is 12.7. The quantitative estimate of drug-likeness (QED) is 0.0262. The van der Waals surface area contributed by atoms with E-state index in [0.29, 0.717) is 19.3 Å². The maximum atomic E-state index is 12.8. The van der Waals surface area contributed by atoms with Crippen molar-refractivity contribution < 1.29 is 28.6 Å². The van der Waals surface area contributed by atoms with Crippen molar-refractivity contribution in [1.82, 2.24) is 0 Å². The van der Waals surface area contributed by atoms with Gasteiger partial charge in [0.1, 0.15) is 13.2 Å². The van der Waals surface area contributed by atoms with E-state index in [1.807, 2.05) is 6.08 Å². The van der Waals surface area contributed by atoms with Crippen LogP contribution in [0, 0.1) is 0 Å². The van der Waals surface area contributed by atoms with Gasteiger partial charge in [0.2, 0.25) is 0 Å². The van der Waals surface area contributed by atoms with E-state index >= 15 is 0 Å². The second-order valence-electron chi connectivity index (χ2n) is 19.5. The van der Waals surface area contributed by atoms with Gasteiger partial charge in [-0.25, -0.2) is 0 Å². The Morgan fingerprint density at radius 2 is 0.565 bits per heavy atom. The summed E-state index contributed by atoms with van der Waals surface area (Å²) in [6.07, 6.45) is 73.5. The van der Waals surface area contributed by atoms with Crippen molar-refractivity contribution in [2.24, 2.45) is 0 Å². The van der Waals surface area contributed by atoms with E-state index in [0.717, 1.165) is 77.0 Å². The van der Waals surface area contributed by atoms with Crippen molar-refractivity contribution in [3.63, 3.8) is 0 Å². The second-order valence-corrected chi connectivity index (χ2v) is 19.5. The molecule has 0 bridgehead atoms. The Morgan fingerprint density at radius 3 is 0.855 bits per heavy atom. The second kappa shape index (κ2) is 57.4. The Balaban J connectivity index is 4.35. The molecular weight excluding hydrogens is 853 g/mol. The fourth-order valence-electron chi connectivity index (χ4n) is 8.35. The first kappa shape index (κ1) is 65.8. The summed E-state index contributed by atoms with van der Waals surface area (Å²) in [6.45, 7) is 6.48. The average Bonchev–Trinajstić information content (AvgIpc) is 3.35. The Kier molecular flexibility index (Phi) is 54.8. The van der Waals surface area contributed by atoms with Crippen LogP contribution in [0.5, 0.6) is 0 Å². The molecule has 0 N–H and O–H groups in total. The lowest BCUT2D eigenvalue weighted by atomic mass is 10.0. The number of carbonyl (C=O) groups is 3.